The molecular weight excluding hydrogens is 589 g/mol. The molecule has 5 rings (SSSR count). The molecule has 0 bridgehead atoms. The Hall–Kier alpha value is -4.50. The van der Waals surface area contributed by atoms with Gasteiger partial charge in [-0.1, -0.05) is 6.07 Å². The van der Waals surface area contributed by atoms with Crippen molar-refractivity contribution in [2.45, 2.75) is 23.5 Å². The first-order valence-corrected chi connectivity index (χ1v) is 12.4. The Morgan fingerprint density at radius 2 is 1.81 bits per heavy atom. The van der Waals surface area contributed by atoms with Crippen LogP contribution in [0.15, 0.2) is 60.8 Å². The third-order valence-corrected chi connectivity index (χ3v) is 7.07. The van der Waals surface area contributed by atoms with Crippen LogP contribution in [0.4, 0.5) is 30.7 Å². The van der Waals surface area contributed by atoms with Gasteiger partial charge in [-0.3, -0.25) is 9.78 Å². The molecule has 0 saturated heterocycles. The maximum absolute atomic E-state index is 14.5. The van der Waals surface area contributed by atoms with Crippen LogP contribution < -0.4 is 20.5 Å². The van der Waals surface area contributed by atoms with Crippen molar-refractivity contribution in [3.05, 3.63) is 83.4 Å². The van der Waals surface area contributed by atoms with Crippen molar-refractivity contribution in [3.8, 4) is 22.8 Å². The number of carbonyl (C=O) groups is 1. The van der Waals surface area contributed by atoms with Crippen LogP contribution in [0, 0.1) is 5.82 Å². The summed E-state index contributed by atoms with van der Waals surface area (Å²) >= 11 is 0. The number of aromatic nitrogens is 2. The number of methoxy groups -OCH3 is 1. The van der Waals surface area contributed by atoms with Crippen LogP contribution in [-0.4, -0.2) is 53.6 Å². The summed E-state index contributed by atoms with van der Waals surface area (Å²) in [6, 6.07) is 10.00. The highest BCUT2D eigenvalue weighted by Crippen LogP contribution is 2.51. The monoisotopic (exact) mass is 610 g/mol. The number of halogens is 7. The normalized spacial score (nSPS) is 18.1. The van der Waals surface area contributed by atoms with E-state index < -0.39 is 71.1 Å². The maximum atomic E-state index is 14.5. The lowest BCUT2D eigenvalue weighted by atomic mass is 9.87. The Labute approximate surface area is 238 Å². The average Bonchev–Trinajstić information content (AvgIpc) is 3.32. The molecule has 43 heavy (non-hydrogen) atoms. The number of benzene rings is 2. The molecule has 1 unspecified atom stereocenters. The number of alkyl halides is 6. The number of aliphatic hydroxyl groups is 1. The van der Waals surface area contributed by atoms with Crippen LogP contribution in [0.3, 0.4) is 0 Å². The summed E-state index contributed by atoms with van der Waals surface area (Å²) < 4.78 is 110. The predicted octanol–water partition coefficient (Wildman–Crippen LogP) is 4.73. The fourth-order valence-electron chi connectivity index (χ4n) is 4.62. The quantitative estimate of drug-likeness (QED) is 0.270. The Morgan fingerprint density at radius 1 is 1.12 bits per heavy atom. The van der Waals surface area contributed by atoms with Gasteiger partial charge in [0.25, 0.3) is 5.91 Å². The van der Waals surface area contributed by atoms with Crippen molar-refractivity contribution in [3.63, 3.8) is 0 Å². The van der Waals surface area contributed by atoms with Crippen LogP contribution in [-0.2, 0) is 11.1 Å². The zero-order chi connectivity index (χ0) is 31.4. The van der Waals surface area contributed by atoms with Crippen LogP contribution in [0.25, 0.3) is 22.2 Å². The number of nitrogens with two attached hydrogens (primary N) is 1. The number of hydrogen-bond donors (Lipinski definition) is 3. The molecule has 0 saturated carbocycles. The molecule has 3 heterocycles. The highest BCUT2D eigenvalue weighted by atomic mass is 19.4. The van der Waals surface area contributed by atoms with Crippen molar-refractivity contribution in [2.75, 3.05) is 20.3 Å². The summed E-state index contributed by atoms with van der Waals surface area (Å²) in [5.41, 5.74) is -4.32. The highest BCUT2D eigenvalue weighted by molar-refractivity contribution is 5.99. The van der Waals surface area contributed by atoms with Gasteiger partial charge in [-0.25, -0.2) is 9.37 Å². The Bertz CT molecular complexity index is 1710. The molecular formula is C28H21F7N4O4. The first-order valence-electron chi connectivity index (χ1n) is 12.4. The number of fused-ring (bicyclic) bond motifs is 2. The van der Waals surface area contributed by atoms with Crippen molar-refractivity contribution in [1.29, 1.82) is 0 Å². The Balaban J connectivity index is 1.60. The summed E-state index contributed by atoms with van der Waals surface area (Å²) in [4.78, 5) is 21.0. The zero-order valence-electron chi connectivity index (χ0n) is 22.0. The zero-order valence-corrected chi connectivity index (χ0v) is 22.0. The number of rotatable bonds is 6. The summed E-state index contributed by atoms with van der Waals surface area (Å²) in [6.07, 6.45) is -9.29. The van der Waals surface area contributed by atoms with Crippen molar-refractivity contribution in [2.24, 2.45) is 5.73 Å². The molecule has 1 amide bonds. The Morgan fingerprint density at radius 3 is 2.44 bits per heavy atom. The second kappa shape index (κ2) is 10.3. The molecule has 0 aliphatic carbocycles. The van der Waals surface area contributed by atoms with Crippen LogP contribution >= 0.6 is 0 Å². The average molecular weight is 610 g/mol. The molecule has 0 radical (unpaired) electrons. The second-order valence-corrected chi connectivity index (χ2v) is 9.79. The molecule has 1 aliphatic rings. The number of hydrogen-bond acceptors (Lipinski definition) is 7. The highest BCUT2D eigenvalue weighted by Gasteiger charge is 2.61. The van der Waals surface area contributed by atoms with Gasteiger partial charge >= 0.3 is 12.4 Å². The summed E-state index contributed by atoms with van der Waals surface area (Å²) in [6.45, 7) is -2.74. The van der Waals surface area contributed by atoms with Gasteiger partial charge in [0, 0.05) is 28.3 Å². The third kappa shape index (κ3) is 5.07. The van der Waals surface area contributed by atoms with Gasteiger partial charge in [-0.2, -0.15) is 26.3 Å². The fourth-order valence-corrected chi connectivity index (χ4v) is 4.62. The van der Waals surface area contributed by atoms with Gasteiger partial charge in [-0.05, 0) is 48.5 Å². The van der Waals surface area contributed by atoms with Gasteiger partial charge in [0.05, 0.1) is 19.3 Å². The molecule has 15 heteroatoms. The van der Waals surface area contributed by atoms with Crippen LogP contribution in [0.2, 0.25) is 0 Å². The predicted molar refractivity (Wildman–Crippen MR) is 138 cm³/mol. The van der Waals surface area contributed by atoms with Crippen LogP contribution in [0.5, 0.6) is 11.5 Å². The first kappa shape index (κ1) is 30.0. The van der Waals surface area contributed by atoms with E-state index in [1.165, 1.54) is 25.4 Å². The lowest BCUT2D eigenvalue weighted by molar-refractivity contribution is -0.265. The molecule has 2 aromatic carbocycles. The van der Waals surface area contributed by atoms with E-state index in [4.69, 9.17) is 15.2 Å². The van der Waals surface area contributed by atoms with E-state index in [-0.39, 0.29) is 16.9 Å². The van der Waals surface area contributed by atoms with Gasteiger partial charge < -0.3 is 25.6 Å². The minimum atomic E-state index is -5.57. The topological polar surface area (TPSA) is 120 Å². The van der Waals surface area contributed by atoms with Crippen molar-refractivity contribution < 1.29 is 50.1 Å². The molecule has 4 aromatic rings. The second-order valence-electron chi connectivity index (χ2n) is 9.79. The standard InChI is InChI=1S/C28H21F7N4O4/c1-42-19-10-16(9-15-3-2-8-37-21(15)19)24(40)38-12-26(41,28(33,34)35)20-11-18-23(43-13-25(18,36)27(30,31)32)22(39-20)14-4-6-17(29)7-5-14/h2-11,41H,12-13,36H2,1H3,(H,38,40)/t25-,26?/m0/s1. The molecule has 4 N–H and O–H groups in total. The van der Waals surface area contributed by atoms with E-state index in [1.54, 1.807) is 12.1 Å². The summed E-state index contributed by atoms with van der Waals surface area (Å²) in [5, 5.41) is 13.5. The Kier molecular flexibility index (Phi) is 7.21. The fraction of sp³-hybridized carbons (Fsp3) is 0.250. The van der Waals surface area contributed by atoms with Gasteiger partial charge in [0.15, 0.2) is 11.3 Å². The van der Waals surface area contributed by atoms with Crippen molar-refractivity contribution in [1.82, 2.24) is 15.3 Å². The molecule has 2 atom stereocenters. The van der Waals surface area contributed by atoms with E-state index in [2.05, 4.69) is 9.97 Å². The summed E-state index contributed by atoms with van der Waals surface area (Å²) in [7, 11) is 1.30. The number of nitrogens with zero attached hydrogens (tertiary/aromatic N) is 2. The largest absolute Gasteiger partial charge is 0.494 e. The van der Waals surface area contributed by atoms with Crippen molar-refractivity contribution >= 4 is 16.8 Å². The summed E-state index contributed by atoms with van der Waals surface area (Å²) in [5.74, 6) is -2.25. The maximum Gasteiger partial charge on any atom is 0.424 e. The molecule has 8 nitrogen and oxygen atoms in total. The first-order chi connectivity index (χ1) is 20.1. The number of amides is 1. The van der Waals surface area contributed by atoms with Gasteiger partial charge in [0.1, 0.15) is 29.4 Å². The van der Waals surface area contributed by atoms with E-state index >= 15 is 0 Å². The van der Waals surface area contributed by atoms with Crippen LogP contribution in [0.1, 0.15) is 21.6 Å². The minimum Gasteiger partial charge on any atom is -0.494 e. The van der Waals surface area contributed by atoms with E-state index in [1.807, 2.05) is 5.32 Å². The van der Waals surface area contributed by atoms with E-state index in [0.717, 1.165) is 24.3 Å². The van der Waals surface area contributed by atoms with E-state index in [9.17, 15) is 40.6 Å². The molecule has 0 fully saturated rings. The molecule has 0 spiro atoms. The van der Waals surface area contributed by atoms with E-state index in [0.29, 0.717) is 17.0 Å². The molecule has 1 aliphatic heterocycles. The number of pyridine rings is 2. The van der Waals surface area contributed by atoms with Gasteiger partial charge in [-0.15, -0.1) is 0 Å². The number of ether oxygens (including phenoxy) is 2. The lowest BCUT2D eigenvalue weighted by Crippen LogP contribution is -2.53. The van der Waals surface area contributed by atoms with Gasteiger partial charge in [0.2, 0.25) is 5.60 Å². The third-order valence-electron chi connectivity index (χ3n) is 7.07. The minimum absolute atomic E-state index is 0.114. The SMILES string of the molecule is COc1cc(C(=O)NCC(O)(c2cc3c(c(-c4ccc(F)cc4)n2)OC[C@@]3(N)C(F)(F)F)C(F)(F)F)cc2cccnc12. The molecule has 226 valence electrons. The smallest absolute Gasteiger partial charge is 0.424 e. The number of nitrogens with one attached hydrogen (secondary N) is 1. The number of carbonyl (C=O) groups excluding carboxylic acids is 1. The molecule has 2 aromatic heterocycles. The lowest BCUT2D eigenvalue weighted by Gasteiger charge is -2.32.